The van der Waals surface area contributed by atoms with Gasteiger partial charge in [0.05, 0.1) is 36.8 Å². The molecule has 0 aromatic carbocycles. The number of aryl methyl sites for hydroxylation is 1. The van der Waals surface area contributed by atoms with E-state index in [-0.39, 0.29) is 0 Å². The van der Waals surface area contributed by atoms with Crippen molar-refractivity contribution in [3.63, 3.8) is 0 Å². The number of carbonyl (C=O) groups excluding carboxylic acids is 1. The van der Waals surface area contributed by atoms with Crippen LogP contribution < -0.4 is 0 Å². The van der Waals surface area contributed by atoms with Crippen LogP contribution in [0.1, 0.15) is 52.2 Å². The second kappa shape index (κ2) is 10.7. The van der Waals surface area contributed by atoms with Gasteiger partial charge in [0.25, 0.3) is 0 Å². The fraction of sp³-hybridized carbons (Fsp3) is 0.304. The Morgan fingerprint density at radius 3 is 2.68 bits per heavy atom. The number of unbranched alkanes of at least 4 members (excludes halogenated alkanes) is 1. The van der Waals surface area contributed by atoms with Gasteiger partial charge in [-0.25, -0.2) is 14.6 Å². The summed E-state index contributed by atoms with van der Waals surface area (Å²) in [5.41, 5.74) is 2.15. The van der Waals surface area contributed by atoms with E-state index in [4.69, 9.17) is 4.74 Å². The number of aliphatic carboxylic acids is 1. The first-order valence-corrected chi connectivity index (χ1v) is 10.9. The molecule has 3 aromatic rings. The number of methoxy groups -OCH3 is 1. The van der Waals surface area contributed by atoms with Gasteiger partial charge in [-0.15, -0.1) is 11.3 Å². The molecule has 0 aliphatic heterocycles. The van der Waals surface area contributed by atoms with Crippen molar-refractivity contribution in [3.8, 4) is 0 Å². The zero-order valence-electron chi connectivity index (χ0n) is 17.6. The largest absolute Gasteiger partial charge is 0.478 e. The number of ether oxygens (including phenoxy) is 1. The van der Waals surface area contributed by atoms with Crippen LogP contribution in [-0.4, -0.2) is 38.7 Å². The third-order valence-electron chi connectivity index (χ3n) is 4.83. The smallest absolute Gasteiger partial charge is 0.339 e. The van der Waals surface area contributed by atoms with Crippen molar-refractivity contribution < 1.29 is 19.4 Å². The molecule has 0 aliphatic rings. The van der Waals surface area contributed by atoms with Gasteiger partial charge in [-0.1, -0.05) is 19.4 Å². The van der Waals surface area contributed by atoms with Gasteiger partial charge in [0.15, 0.2) is 0 Å². The lowest BCUT2D eigenvalue weighted by molar-refractivity contribution is -0.132. The molecule has 0 unspecified atom stereocenters. The summed E-state index contributed by atoms with van der Waals surface area (Å²) in [4.78, 5) is 33.4. The number of carboxylic acids is 1. The van der Waals surface area contributed by atoms with Gasteiger partial charge in [-0.2, -0.15) is 0 Å². The van der Waals surface area contributed by atoms with E-state index in [9.17, 15) is 14.7 Å². The zero-order chi connectivity index (χ0) is 22.2. The minimum absolute atomic E-state index is 0.305. The molecule has 3 rings (SSSR count). The number of thiophene rings is 1. The molecule has 0 fully saturated rings. The zero-order valence-corrected chi connectivity index (χ0v) is 18.4. The number of hydrogen-bond acceptors (Lipinski definition) is 6. The van der Waals surface area contributed by atoms with E-state index in [1.165, 1.54) is 24.6 Å². The Labute approximate surface area is 185 Å². The lowest BCUT2D eigenvalue weighted by Gasteiger charge is -2.11. The molecular weight excluding hydrogens is 414 g/mol. The van der Waals surface area contributed by atoms with E-state index < -0.39 is 11.9 Å². The summed E-state index contributed by atoms with van der Waals surface area (Å²) in [6.07, 6.45) is 8.04. The SMILES string of the molecule is CCCCc1ncc(C=C(Cc2cccs2)C(=O)O)n1Cc1ccc(C(=O)OC)cn1. The average Bonchev–Trinajstić information content (AvgIpc) is 3.42. The molecule has 0 spiro atoms. The summed E-state index contributed by atoms with van der Waals surface area (Å²) >= 11 is 1.53. The molecule has 1 N–H and O–H groups in total. The number of aromatic nitrogens is 3. The molecular formula is C23H25N3O4S. The first kappa shape index (κ1) is 22.4. The first-order chi connectivity index (χ1) is 15.0. The van der Waals surface area contributed by atoms with Gasteiger partial charge in [0, 0.05) is 29.5 Å². The predicted octanol–water partition coefficient (Wildman–Crippen LogP) is 4.23. The van der Waals surface area contributed by atoms with Crippen LogP contribution in [0, 0.1) is 0 Å². The normalized spacial score (nSPS) is 11.5. The lowest BCUT2D eigenvalue weighted by Crippen LogP contribution is -2.11. The number of imidazole rings is 1. The number of esters is 1. The van der Waals surface area contributed by atoms with Gasteiger partial charge in [0.1, 0.15) is 5.82 Å². The molecule has 7 nitrogen and oxygen atoms in total. The molecule has 0 atom stereocenters. The maximum Gasteiger partial charge on any atom is 0.339 e. The summed E-state index contributed by atoms with van der Waals surface area (Å²) in [6, 6.07) is 7.29. The van der Waals surface area contributed by atoms with E-state index >= 15 is 0 Å². The topological polar surface area (TPSA) is 94.3 Å². The van der Waals surface area contributed by atoms with Crippen LogP contribution in [0.25, 0.3) is 6.08 Å². The highest BCUT2D eigenvalue weighted by atomic mass is 32.1. The van der Waals surface area contributed by atoms with Crippen molar-refractivity contribution in [2.45, 2.75) is 39.2 Å². The summed E-state index contributed by atoms with van der Waals surface area (Å²) in [5.74, 6) is -0.502. The van der Waals surface area contributed by atoms with Crippen molar-refractivity contribution in [3.05, 3.63) is 75.3 Å². The number of rotatable bonds is 10. The lowest BCUT2D eigenvalue weighted by atomic mass is 10.1. The molecule has 162 valence electrons. The van der Waals surface area contributed by atoms with Gasteiger partial charge in [-0.3, -0.25) is 4.98 Å². The molecule has 0 saturated carbocycles. The highest BCUT2D eigenvalue weighted by molar-refractivity contribution is 7.09. The third kappa shape index (κ3) is 5.88. The standard InChI is InChI=1S/C23H25N3O4S/c1-3-4-7-21-25-14-19(11-17(22(27)28)12-20-6-5-10-31-20)26(21)15-18-9-8-16(13-24-18)23(29)30-2/h5-6,8-11,13-14H,3-4,7,12,15H2,1-2H3,(H,27,28). The Morgan fingerprint density at radius 1 is 1.23 bits per heavy atom. The second-order valence-electron chi connectivity index (χ2n) is 7.05. The minimum Gasteiger partial charge on any atom is -0.478 e. The van der Waals surface area contributed by atoms with E-state index in [2.05, 4.69) is 16.9 Å². The van der Waals surface area contributed by atoms with E-state index in [0.29, 0.717) is 24.1 Å². The fourth-order valence-electron chi connectivity index (χ4n) is 3.15. The van der Waals surface area contributed by atoms with Crippen molar-refractivity contribution in [1.29, 1.82) is 0 Å². The van der Waals surface area contributed by atoms with Crippen LogP contribution in [0.3, 0.4) is 0 Å². The molecule has 3 aromatic heterocycles. The van der Waals surface area contributed by atoms with Crippen LogP contribution in [0.2, 0.25) is 0 Å². The van der Waals surface area contributed by atoms with E-state index in [1.807, 2.05) is 22.1 Å². The van der Waals surface area contributed by atoms with Crippen LogP contribution >= 0.6 is 11.3 Å². The van der Waals surface area contributed by atoms with Gasteiger partial charge < -0.3 is 14.4 Å². The minimum atomic E-state index is -0.947. The molecule has 0 saturated heterocycles. The first-order valence-electron chi connectivity index (χ1n) is 10.1. The van der Waals surface area contributed by atoms with Crippen molar-refractivity contribution in [1.82, 2.24) is 14.5 Å². The van der Waals surface area contributed by atoms with Crippen molar-refractivity contribution in [2.75, 3.05) is 7.11 Å². The van der Waals surface area contributed by atoms with Crippen LogP contribution in [-0.2, 0) is 28.9 Å². The quantitative estimate of drug-likeness (QED) is 0.375. The third-order valence-corrected chi connectivity index (χ3v) is 5.71. The Hall–Kier alpha value is -3.26. The van der Waals surface area contributed by atoms with Crippen LogP contribution in [0.5, 0.6) is 0 Å². The van der Waals surface area contributed by atoms with Crippen molar-refractivity contribution >= 4 is 29.4 Å². The van der Waals surface area contributed by atoms with Gasteiger partial charge in [-0.05, 0) is 36.1 Å². The fourth-order valence-corrected chi connectivity index (χ4v) is 3.88. The van der Waals surface area contributed by atoms with Crippen LogP contribution in [0.15, 0.2) is 47.6 Å². The highest BCUT2D eigenvalue weighted by Crippen LogP contribution is 2.19. The second-order valence-corrected chi connectivity index (χ2v) is 8.08. The Bertz CT molecular complexity index is 1050. The molecule has 3 heterocycles. The summed E-state index contributed by atoms with van der Waals surface area (Å²) < 4.78 is 6.71. The van der Waals surface area contributed by atoms with Gasteiger partial charge in [0.2, 0.25) is 0 Å². The summed E-state index contributed by atoms with van der Waals surface area (Å²) in [5, 5.41) is 11.7. The number of hydrogen-bond donors (Lipinski definition) is 1. The highest BCUT2D eigenvalue weighted by Gasteiger charge is 2.15. The van der Waals surface area contributed by atoms with Crippen molar-refractivity contribution in [2.24, 2.45) is 0 Å². The molecule has 0 amide bonds. The van der Waals surface area contributed by atoms with Gasteiger partial charge >= 0.3 is 11.9 Å². The maximum absolute atomic E-state index is 11.9. The molecule has 8 heteroatoms. The molecule has 31 heavy (non-hydrogen) atoms. The number of pyridine rings is 1. The average molecular weight is 440 g/mol. The molecule has 0 bridgehead atoms. The van der Waals surface area contributed by atoms with E-state index in [1.54, 1.807) is 24.4 Å². The summed E-state index contributed by atoms with van der Waals surface area (Å²) in [6.45, 7) is 2.54. The number of carboxylic acid groups (broad SMARTS) is 1. The summed E-state index contributed by atoms with van der Waals surface area (Å²) in [7, 11) is 1.33. The Kier molecular flexibility index (Phi) is 7.72. The van der Waals surface area contributed by atoms with Crippen LogP contribution in [0.4, 0.5) is 0 Å². The predicted molar refractivity (Wildman–Crippen MR) is 119 cm³/mol. The number of carbonyl (C=O) groups is 2. The van der Waals surface area contributed by atoms with E-state index in [0.717, 1.165) is 41.4 Å². The Morgan fingerprint density at radius 2 is 2.06 bits per heavy atom. The Balaban J connectivity index is 1.92. The maximum atomic E-state index is 11.9. The number of nitrogens with zero attached hydrogens (tertiary/aromatic N) is 3. The molecule has 0 radical (unpaired) electrons. The monoisotopic (exact) mass is 439 g/mol. The molecule has 0 aliphatic carbocycles.